The molecule has 2 heterocycles. The second-order valence-electron chi connectivity index (χ2n) is 3.57. The summed E-state index contributed by atoms with van der Waals surface area (Å²) in [5.41, 5.74) is 0.798. The zero-order valence-electron chi connectivity index (χ0n) is 8.87. The van der Waals surface area contributed by atoms with Crippen molar-refractivity contribution in [3.8, 4) is 11.5 Å². The normalized spacial score (nSPS) is 12.8. The van der Waals surface area contributed by atoms with E-state index in [1.165, 1.54) is 0 Å². The number of hydrogen-bond donors (Lipinski definition) is 2. The Morgan fingerprint density at radius 3 is 2.94 bits per heavy atom. The van der Waals surface area contributed by atoms with Crippen LogP contribution in [0, 0.1) is 0 Å². The lowest BCUT2D eigenvalue weighted by Gasteiger charge is -2.08. The van der Waals surface area contributed by atoms with Gasteiger partial charge in [0.15, 0.2) is 11.5 Å². The van der Waals surface area contributed by atoms with Crippen LogP contribution in [0.15, 0.2) is 24.5 Å². The molecule has 0 atom stereocenters. The molecule has 2 N–H and O–H groups in total. The molecule has 0 radical (unpaired) electrons. The van der Waals surface area contributed by atoms with Crippen molar-refractivity contribution >= 4 is 17.3 Å². The molecule has 1 aliphatic heterocycles. The van der Waals surface area contributed by atoms with Gasteiger partial charge in [-0.3, -0.25) is 0 Å². The molecular formula is C11H10ClN3O2. The van der Waals surface area contributed by atoms with E-state index in [2.05, 4.69) is 15.3 Å². The van der Waals surface area contributed by atoms with Crippen LogP contribution in [0.1, 0.15) is 5.82 Å². The summed E-state index contributed by atoms with van der Waals surface area (Å²) in [5, 5.41) is 3.78. The molecular weight excluding hydrogens is 242 g/mol. The Labute approximate surface area is 103 Å². The van der Waals surface area contributed by atoms with E-state index in [9.17, 15) is 0 Å². The predicted molar refractivity (Wildman–Crippen MR) is 63.5 cm³/mol. The Kier molecular flexibility index (Phi) is 2.53. The maximum atomic E-state index is 6.12. The van der Waals surface area contributed by atoms with Gasteiger partial charge in [0.2, 0.25) is 6.79 Å². The molecule has 6 heteroatoms. The van der Waals surface area contributed by atoms with Gasteiger partial charge in [0.1, 0.15) is 5.82 Å². The molecule has 1 aliphatic rings. The maximum Gasteiger partial charge on any atom is 0.231 e. The molecule has 0 saturated carbocycles. The van der Waals surface area contributed by atoms with Gasteiger partial charge in [0.25, 0.3) is 0 Å². The van der Waals surface area contributed by atoms with E-state index in [-0.39, 0.29) is 6.79 Å². The van der Waals surface area contributed by atoms with Crippen molar-refractivity contribution < 1.29 is 9.47 Å². The summed E-state index contributed by atoms with van der Waals surface area (Å²) in [4.78, 5) is 7.12. The SMILES string of the molecule is Clc1cc2c(cc1NCc1ncc[nH]1)OCO2. The molecule has 0 spiro atoms. The number of nitrogens with zero attached hydrogens (tertiary/aromatic N) is 1. The Morgan fingerprint density at radius 2 is 2.18 bits per heavy atom. The fraction of sp³-hybridized carbons (Fsp3) is 0.182. The van der Waals surface area contributed by atoms with Crippen LogP contribution < -0.4 is 14.8 Å². The summed E-state index contributed by atoms with van der Waals surface area (Å²) in [6, 6.07) is 3.57. The van der Waals surface area contributed by atoms with E-state index < -0.39 is 0 Å². The third-order valence-corrected chi connectivity index (χ3v) is 2.78. The number of halogens is 1. The maximum absolute atomic E-state index is 6.12. The third-order valence-electron chi connectivity index (χ3n) is 2.46. The molecule has 2 aromatic rings. The van der Waals surface area contributed by atoms with E-state index >= 15 is 0 Å². The van der Waals surface area contributed by atoms with Gasteiger partial charge in [0.05, 0.1) is 17.3 Å². The topological polar surface area (TPSA) is 59.2 Å². The van der Waals surface area contributed by atoms with Gasteiger partial charge in [-0.1, -0.05) is 11.6 Å². The molecule has 5 nitrogen and oxygen atoms in total. The van der Waals surface area contributed by atoms with Gasteiger partial charge in [-0.15, -0.1) is 0 Å². The molecule has 0 saturated heterocycles. The van der Waals surface area contributed by atoms with Gasteiger partial charge in [-0.2, -0.15) is 0 Å². The van der Waals surface area contributed by atoms with Crippen LogP contribution in [0.3, 0.4) is 0 Å². The smallest absolute Gasteiger partial charge is 0.231 e. The number of H-pyrrole nitrogens is 1. The van der Waals surface area contributed by atoms with E-state index in [0.29, 0.717) is 23.1 Å². The molecule has 0 bridgehead atoms. The minimum atomic E-state index is 0.243. The lowest BCUT2D eigenvalue weighted by Crippen LogP contribution is -2.01. The summed E-state index contributed by atoms with van der Waals surface area (Å²) in [6.07, 6.45) is 3.48. The second-order valence-corrected chi connectivity index (χ2v) is 3.98. The number of benzene rings is 1. The Morgan fingerprint density at radius 1 is 1.35 bits per heavy atom. The van der Waals surface area contributed by atoms with Gasteiger partial charge in [-0.25, -0.2) is 4.98 Å². The van der Waals surface area contributed by atoms with Crippen molar-refractivity contribution in [2.24, 2.45) is 0 Å². The van der Waals surface area contributed by atoms with Crippen LogP contribution in [0.25, 0.3) is 0 Å². The Hall–Kier alpha value is -1.88. The van der Waals surface area contributed by atoms with Gasteiger partial charge >= 0.3 is 0 Å². The minimum absolute atomic E-state index is 0.243. The number of hydrogen-bond acceptors (Lipinski definition) is 4. The largest absolute Gasteiger partial charge is 0.454 e. The molecule has 0 fully saturated rings. The van der Waals surface area contributed by atoms with Crippen molar-refractivity contribution in [2.45, 2.75) is 6.54 Å². The predicted octanol–water partition coefficient (Wildman–Crippen LogP) is 2.40. The zero-order chi connectivity index (χ0) is 11.7. The number of anilines is 1. The number of ether oxygens (including phenoxy) is 2. The van der Waals surface area contributed by atoms with E-state index in [1.54, 1.807) is 18.5 Å². The first-order valence-corrected chi connectivity index (χ1v) is 5.52. The van der Waals surface area contributed by atoms with Crippen LogP contribution in [-0.4, -0.2) is 16.8 Å². The third kappa shape index (κ3) is 2.01. The minimum Gasteiger partial charge on any atom is -0.454 e. The highest BCUT2D eigenvalue weighted by molar-refractivity contribution is 6.33. The highest BCUT2D eigenvalue weighted by atomic mass is 35.5. The lowest BCUT2D eigenvalue weighted by molar-refractivity contribution is 0.174. The molecule has 0 amide bonds. The van der Waals surface area contributed by atoms with Crippen molar-refractivity contribution in [1.82, 2.24) is 9.97 Å². The molecule has 1 aromatic carbocycles. The molecule has 17 heavy (non-hydrogen) atoms. The number of nitrogens with one attached hydrogen (secondary N) is 2. The molecule has 3 rings (SSSR count). The first-order chi connectivity index (χ1) is 8.33. The summed E-state index contributed by atoms with van der Waals surface area (Å²) in [6.45, 7) is 0.819. The Bertz CT molecular complexity index is 528. The monoisotopic (exact) mass is 251 g/mol. The number of aromatic nitrogens is 2. The molecule has 0 aliphatic carbocycles. The van der Waals surface area contributed by atoms with E-state index in [4.69, 9.17) is 21.1 Å². The summed E-state index contributed by atoms with van der Waals surface area (Å²) in [5.74, 6) is 2.23. The van der Waals surface area contributed by atoms with Crippen LogP contribution in [0.4, 0.5) is 5.69 Å². The Balaban J connectivity index is 1.79. The van der Waals surface area contributed by atoms with Crippen molar-refractivity contribution in [3.63, 3.8) is 0 Å². The molecule has 88 valence electrons. The average Bonchev–Trinajstić information content (AvgIpc) is 2.95. The lowest BCUT2D eigenvalue weighted by atomic mass is 10.2. The quantitative estimate of drug-likeness (QED) is 0.880. The standard InChI is InChI=1S/C11H10ClN3O2/c12-7-3-9-10(17-6-16-9)4-8(7)15-5-11-13-1-2-14-11/h1-4,15H,5-6H2,(H,13,14). The van der Waals surface area contributed by atoms with E-state index in [1.807, 2.05) is 6.07 Å². The fourth-order valence-electron chi connectivity index (χ4n) is 1.63. The van der Waals surface area contributed by atoms with Crippen molar-refractivity contribution in [3.05, 3.63) is 35.4 Å². The second kappa shape index (κ2) is 4.18. The number of imidazole rings is 1. The van der Waals surface area contributed by atoms with Crippen molar-refractivity contribution in [2.75, 3.05) is 12.1 Å². The van der Waals surface area contributed by atoms with Gasteiger partial charge < -0.3 is 19.8 Å². The van der Waals surface area contributed by atoms with E-state index in [0.717, 1.165) is 11.5 Å². The highest BCUT2D eigenvalue weighted by Gasteiger charge is 2.16. The number of rotatable bonds is 3. The highest BCUT2D eigenvalue weighted by Crippen LogP contribution is 2.39. The number of aromatic amines is 1. The summed E-state index contributed by atoms with van der Waals surface area (Å²) < 4.78 is 10.5. The van der Waals surface area contributed by atoms with Crippen LogP contribution in [-0.2, 0) is 6.54 Å². The summed E-state index contributed by atoms with van der Waals surface area (Å²) >= 11 is 6.12. The first-order valence-electron chi connectivity index (χ1n) is 5.14. The van der Waals surface area contributed by atoms with Crippen LogP contribution in [0.2, 0.25) is 5.02 Å². The number of fused-ring (bicyclic) bond motifs is 1. The molecule has 1 aromatic heterocycles. The first kappa shape index (κ1) is 10.3. The zero-order valence-corrected chi connectivity index (χ0v) is 9.62. The van der Waals surface area contributed by atoms with Gasteiger partial charge in [-0.05, 0) is 0 Å². The fourth-order valence-corrected chi connectivity index (χ4v) is 1.85. The average molecular weight is 252 g/mol. The van der Waals surface area contributed by atoms with Gasteiger partial charge in [0, 0.05) is 24.5 Å². The molecule has 0 unspecified atom stereocenters. The van der Waals surface area contributed by atoms with Crippen LogP contribution >= 0.6 is 11.6 Å². The van der Waals surface area contributed by atoms with Crippen LogP contribution in [0.5, 0.6) is 11.5 Å². The van der Waals surface area contributed by atoms with Crippen molar-refractivity contribution in [1.29, 1.82) is 0 Å². The summed E-state index contributed by atoms with van der Waals surface area (Å²) in [7, 11) is 0.